The average Bonchev–Trinajstić information content (AvgIpc) is 2.15. The minimum atomic E-state index is -4.30. The standard InChI is InChI=1S/C8H9O5S/c1-12-6-4-3-5-7(8(6)13-2)14(9,10)11/h3,5H,1-2H3,(H,9,10,11). The van der Waals surface area contributed by atoms with Gasteiger partial charge >= 0.3 is 0 Å². The van der Waals surface area contributed by atoms with E-state index in [0.29, 0.717) is 0 Å². The zero-order valence-electron chi connectivity index (χ0n) is 7.64. The van der Waals surface area contributed by atoms with Crippen LogP contribution >= 0.6 is 0 Å². The van der Waals surface area contributed by atoms with Crippen molar-refractivity contribution in [2.75, 3.05) is 14.2 Å². The first-order valence-electron chi connectivity index (χ1n) is 3.61. The smallest absolute Gasteiger partial charge is 0.298 e. The summed E-state index contributed by atoms with van der Waals surface area (Å²) in [5.41, 5.74) is 0. The van der Waals surface area contributed by atoms with E-state index in [4.69, 9.17) is 14.0 Å². The summed E-state index contributed by atoms with van der Waals surface area (Å²) < 4.78 is 40.2. The van der Waals surface area contributed by atoms with E-state index < -0.39 is 10.1 Å². The van der Waals surface area contributed by atoms with Crippen LogP contribution < -0.4 is 9.47 Å². The summed E-state index contributed by atoms with van der Waals surface area (Å²) in [5, 5.41) is 0. The van der Waals surface area contributed by atoms with E-state index in [1.807, 2.05) is 0 Å². The van der Waals surface area contributed by atoms with Crippen molar-refractivity contribution in [3.63, 3.8) is 0 Å². The van der Waals surface area contributed by atoms with Crippen LogP contribution in [0.2, 0.25) is 0 Å². The third-order valence-corrected chi connectivity index (χ3v) is 2.44. The van der Waals surface area contributed by atoms with Crippen LogP contribution in [0.15, 0.2) is 17.0 Å². The Labute approximate surface area is 82.0 Å². The summed E-state index contributed by atoms with van der Waals surface area (Å²) in [6.07, 6.45) is 0. The van der Waals surface area contributed by atoms with Gasteiger partial charge < -0.3 is 9.47 Å². The summed E-state index contributed by atoms with van der Waals surface area (Å²) in [4.78, 5) is -0.337. The first kappa shape index (κ1) is 10.8. The molecule has 0 bridgehead atoms. The Morgan fingerprint density at radius 3 is 2.43 bits per heavy atom. The molecule has 0 spiro atoms. The van der Waals surface area contributed by atoms with Gasteiger partial charge in [0.15, 0.2) is 11.5 Å². The van der Waals surface area contributed by atoms with Gasteiger partial charge in [0, 0.05) is 6.07 Å². The first-order valence-corrected chi connectivity index (χ1v) is 5.05. The molecule has 1 rings (SSSR count). The first-order chi connectivity index (χ1) is 6.50. The number of hydrogen-bond donors (Lipinski definition) is 1. The molecule has 1 N–H and O–H groups in total. The lowest BCUT2D eigenvalue weighted by Crippen LogP contribution is -2.02. The minimum Gasteiger partial charge on any atom is -0.492 e. The number of rotatable bonds is 3. The van der Waals surface area contributed by atoms with E-state index in [1.165, 1.54) is 26.4 Å². The van der Waals surface area contributed by atoms with Gasteiger partial charge in [0.2, 0.25) is 0 Å². The molecule has 0 unspecified atom stereocenters. The number of methoxy groups -OCH3 is 2. The molecule has 0 atom stereocenters. The molecule has 6 heteroatoms. The molecular formula is C8H9O5S. The van der Waals surface area contributed by atoms with E-state index in [9.17, 15) is 8.42 Å². The van der Waals surface area contributed by atoms with E-state index >= 15 is 0 Å². The molecule has 1 radical (unpaired) electrons. The third-order valence-electron chi connectivity index (χ3n) is 1.57. The van der Waals surface area contributed by atoms with Gasteiger partial charge in [0.05, 0.1) is 14.2 Å². The lowest BCUT2D eigenvalue weighted by molar-refractivity contribution is 0.344. The fraction of sp³-hybridized carbons (Fsp3) is 0.250. The maximum absolute atomic E-state index is 10.9. The predicted molar refractivity (Wildman–Crippen MR) is 48.2 cm³/mol. The van der Waals surface area contributed by atoms with E-state index in [-0.39, 0.29) is 16.4 Å². The van der Waals surface area contributed by atoms with Crippen molar-refractivity contribution in [2.24, 2.45) is 0 Å². The molecule has 0 heterocycles. The van der Waals surface area contributed by atoms with E-state index in [2.05, 4.69) is 6.07 Å². The van der Waals surface area contributed by atoms with Gasteiger partial charge in [-0.25, -0.2) is 0 Å². The van der Waals surface area contributed by atoms with E-state index in [0.717, 1.165) is 0 Å². The highest BCUT2D eigenvalue weighted by Gasteiger charge is 2.19. The van der Waals surface area contributed by atoms with Gasteiger partial charge in [-0.15, -0.1) is 0 Å². The molecule has 0 saturated heterocycles. The second-order valence-electron chi connectivity index (χ2n) is 2.38. The van der Waals surface area contributed by atoms with Crippen molar-refractivity contribution in [1.82, 2.24) is 0 Å². The van der Waals surface area contributed by atoms with Crippen LogP contribution in [0.3, 0.4) is 0 Å². The molecule has 0 amide bonds. The normalized spacial score (nSPS) is 11.1. The highest BCUT2D eigenvalue weighted by molar-refractivity contribution is 7.86. The van der Waals surface area contributed by atoms with Crippen molar-refractivity contribution in [3.8, 4) is 11.5 Å². The van der Waals surface area contributed by atoms with Crippen LogP contribution in [-0.4, -0.2) is 27.2 Å². The molecule has 0 fully saturated rings. The van der Waals surface area contributed by atoms with Gasteiger partial charge in [-0.05, 0) is 12.1 Å². The quantitative estimate of drug-likeness (QED) is 0.756. The summed E-state index contributed by atoms with van der Waals surface area (Å²) in [6, 6.07) is 5.13. The molecule has 5 nitrogen and oxygen atoms in total. The Morgan fingerprint density at radius 1 is 1.36 bits per heavy atom. The maximum atomic E-state index is 10.9. The summed E-state index contributed by atoms with van der Waals surface area (Å²) in [5.74, 6) is 0.0696. The Kier molecular flexibility index (Phi) is 2.97. The summed E-state index contributed by atoms with van der Waals surface area (Å²) >= 11 is 0. The Bertz CT molecular complexity index is 423. The maximum Gasteiger partial charge on any atom is 0.298 e. The van der Waals surface area contributed by atoms with E-state index in [1.54, 1.807) is 0 Å². The summed E-state index contributed by atoms with van der Waals surface area (Å²) in [6.45, 7) is 0. The summed E-state index contributed by atoms with van der Waals surface area (Å²) in [7, 11) is -1.68. The van der Waals surface area contributed by atoms with Crippen LogP contribution in [0.5, 0.6) is 11.5 Å². The highest BCUT2D eigenvalue weighted by Crippen LogP contribution is 2.32. The number of benzene rings is 1. The van der Waals surface area contributed by atoms with Crippen molar-refractivity contribution < 1.29 is 22.4 Å². The molecule has 0 saturated carbocycles. The van der Waals surface area contributed by atoms with Gasteiger partial charge in [-0.3, -0.25) is 4.55 Å². The lowest BCUT2D eigenvalue weighted by atomic mass is 10.3. The molecule has 0 aliphatic carbocycles. The Balaban J connectivity index is 3.45. The van der Waals surface area contributed by atoms with Gasteiger partial charge in [-0.2, -0.15) is 8.42 Å². The minimum absolute atomic E-state index is 0.0579. The Hall–Kier alpha value is -1.27. The molecule has 0 aliphatic heterocycles. The third kappa shape index (κ3) is 1.97. The van der Waals surface area contributed by atoms with Crippen molar-refractivity contribution in [2.45, 2.75) is 4.90 Å². The molecule has 1 aromatic rings. The van der Waals surface area contributed by atoms with Crippen molar-refractivity contribution in [3.05, 3.63) is 18.2 Å². The second kappa shape index (κ2) is 3.85. The van der Waals surface area contributed by atoms with Crippen LogP contribution in [0.4, 0.5) is 0 Å². The van der Waals surface area contributed by atoms with Crippen LogP contribution in [0.1, 0.15) is 0 Å². The van der Waals surface area contributed by atoms with Crippen LogP contribution in [-0.2, 0) is 10.1 Å². The van der Waals surface area contributed by atoms with Gasteiger partial charge in [0.25, 0.3) is 10.1 Å². The van der Waals surface area contributed by atoms with Crippen LogP contribution in [0.25, 0.3) is 0 Å². The fourth-order valence-corrected chi connectivity index (χ4v) is 1.64. The van der Waals surface area contributed by atoms with Crippen molar-refractivity contribution in [1.29, 1.82) is 0 Å². The predicted octanol–water partition coefficient (Wildman–Crippen LogP) is 0.751. The molecule has 1 aromatic carbocycles. The zero-order valence-corrected chi connectivity index (χ0v) is 8.46. The Morgan fingerprint density at radius 2 is 2.00 bits per heavy atom. The number of ether oxygens (including phenoxy) is 2. The highest BCUT2D eigenvalue weighted by atomic mass is 32.2. The molecular weight excluding hydrogens is 208 g/mol. The SMILES string of the molecule is COc1[c]ccc(S(=O)(=O)O)c1OC. The topological polar surface area (TPSA) is 72.8 Å². The number of hydrogen-bond acceptors (Lipinski definition) is 4. The van der Waals surface area contributed by atoms with Crippen LogP contribution in [0, 0.1) is 6.07 Å². The second-order valence-corrected chi connectivity index (χ2v) is 3.77. The lowest BCUT2D eigenvalue weighted by Gasteiger charge is -2.09. The van der Waals surface area contributed by atoms with Gasteiger partial charge in [-0.1, -0.05) is 0 Å². The molecule has 0 aliphatic rings. The zero-order chi connectivity index (χ0) is 10.8. The molecule has 0 aromatic heterocycles. The monoisotopic (exact) mass is 217 g/mol. The van der Waals surface area contributed by atoms with Crippen molar-refractivity contribution >= 4 is 10.1 Å². The molecule has 14 heavy (non-hydrogen) atoms. The molecule has 77 valence electrons. The van der Waals surface area contributed by atoms with Gasteiger partial charge in [0.1, 0.15) is 4.90 Å². The largest absolute Gasteiger partial charge is 0.492 e. The fourth-order valence-electron chi connectivity index (χ4n) is 0.994. The average molecular weight is 217 g/mol.